The monoisotopic (exact) mass is 477 g/mol. The molecule has 0 bridgehead atoms. The van der Waals surface area contributed by atoms with Crippen LogP contribution in [-0.4, -0.2) is 64.3 Å². The van der Waals surface area contributed by atoms with Gasteiger partial charge in [-0.1, -0.05) is 48.5 Å². The van der Waals surface area contributed by atoms with Crippen LogP contribution in [0.1, 0.15) is 6.23 Å². The van der Waals surface area contributed by atoms with Gasteiger partial charge in [-0.15, -0.1) is 0 Å². The van der Waals surface area contributed by atoms with Gasteiger partial charge in [0.05, 0.1) is 18.5 Å². The van der Waals surface area contributed by atoms with Crippen molar-refractivity contribution in [1.82, 2.24) is 24.1 Å². The van der Waals surface area contributed by atoms with E-state index in [-0.39, 0.29) is 5.28 Å². The van der Waals surface area contributed by atoms with E-state index in [0.29, 0.717) is 17.0 Å². The van der Waals surface area contributed by atoms with Crippen LogP contribution in [0.25, 0.3) is 39.0 Å². The Balaban J connectivity index is 1.55. The zero-order chi connectivity index (χ0) is 23.4. The summed E-state index contributed by atoms with van der Waals surface area (Å²) in [5, 5.41) is 31.2. The molecule has 6 rings (SSSR count). The highest BCUT2D eigenvalue weighted by molar-refractivity contribution is 6.28. The highest BCUT2D eigenvalue weighted by Crippen LogP contribution is 2.36. The summed E-state index contributed by atoms with van der Waals surface area (Å²) in [5.41, 5.74) is 3.79. The molecule has 1 aliphatic heterocycles. The fraction of sp³-hybridized carbons (Fsp3) is 0.208. The van der Waals surface area contributed by atoms with E-state index in [2.05, 4.69) is 15.0 Å². The van der Waals surface area contributed by atoms with Crippen molar-refractivity contribution >= 4 is 33.7 Å². The molecule has 0 spiro atoms. The van der Waals surface area contributed by atoms with Gasteiger partial charge in [0, 0.05) is 17.1 Å². The third kappa shape index (κ3) is 3.21. The summed E-state index contributed by atoms with van der Waals surface area (Å²) < 4.78 is 9.09. The van der Waals surface area contributed by atoms with Gasteiger partial charge in [-0.2, -0.15) is 9.97 Å². The van der Waals surface area contributed by atoms with E-state index in [1.54, 1.807) is 0 Å². The van der Waals surface area contributed by atoms with Gasteiger partial charge in [0.1, 0.15) is 18.3 Å². The van der Waals surface area contributed by atoms with Crippen molar-refractivity contribution in [2.75, 3.05) is 6.61 Å². The Morgan fingerprint density at radius 2 is 1.74 bits per heavy atom. The van der Waals surface area contributed by atoms with Gasteiger partial charge in [0.15, 0.2) is 23.2 Å². The number of aromatic nitrogens is 5. The minimum atomic E-state index is -1.27. The second kappa shape index (κ2) is 8.15. The molecule has 4 atom stereocenters. The molecular weight excluding hydrogens is 458 g/mol. The quantitative estimate of drug-likeness (QED) is 0.340. The summed E-state index contributed by atoms with van der Waals surface area (Å²) in [6, 6.07) is 18.0. The summed E-state index contributed by atoms with van der Waals surface area (Å²) in [5.74, 6) is 0.471. The molecule has 1 saturated heterocycles. The number of rotatable bonds is 4. The van der Waals surface area contributed by atoms with Crippen molar-refractivity contribution in [3.63, 3.8) is 0 Å². The van der Waals surface area contributed by atoms with Crippen LogP contribution in [0.5, 0.6) is 0 Å². The number of aliphatic hydroxyl groups excluding tert-OH is 3. The molecule has 5 aromatic rings. The summed E-state index contributed by atoms with van der Waals surface area (Å²) in [6.07, 6.45) is -0.976. The lowest BCUT2D eigenvalue weighted by Crippen LogP contribution is -2.33. The standard InChI is InChI=1S/C24H20ClN5O4/c25-24-27-21(18-22(28-24)30(12-26-18)23-20(33)19(32)17(11-31)34-23)29-10-15(13-6-2-1-3-7-13)14-8-4-5-9-16(14)29/h1-10,12,17,19-20,23,31-33H,11H2/t17-,19-,20-,23-/m1/s1. The molecule has 3 N–H and O–H groups in total. The molecule has 1 aliphatic rings. The van der Waals surface area contributed by atoms with E-state index in [1.807, 2.05) is 65.4 Å². The first kappa shape index (κ1) is 21.2. The van der Waals surface area contributed by atoms with Crippen molar-refractivity contribution < 1.29 is 20.1 Å². The first-order valence-corrected chi connectivity index (χ1v) is 11.1. The Morgan fingerprint density at radius 1 is 0.971 bits per heavy atom. The number of aliphatic hydroxyl groups is 3. The van der Waals surface area contributed by atoms with Crippen LogP contribution in [-0.2, 0) is 4.74 Å². The summed E-state index contributed by atoms with van der Waals surface area (Å²) in [7, 11) is 0. The van der Waals surface area contributed by atoms with Crippen molar-refractivity contribution in [1.29, 1.82) is 0 Å². The van der Waals surface area contributed by atoms with Crippen LogP contribution >= 0.6 is 11.6 Å². The average molecular weight is 478 g/mol. The Bertz CT molecular complexity index is 1500. The molecule has 34 heavy (non-hydrogen) atoms. The molecular formula is C24H20ClN5O4. The Hall–Kier alpha value is -3.34. The number of fused-ring (bicyclic) bond motifs is 2. The van der Waals surface area contributed by atoms with E-state index in [4.69, 9.17) is 16.3 Å². The maximum Gasteiger partial charge on any atom is 0.226 e. The third-order valence-corrected chi connectivity index (χ3v) is 6.36. The van der Waals surface area contributed by atoms with Crippen LogP contribution in [0.15, 0.2) is 67.1 Å². The minimum Gasteiger partial charge on any atom is -0.394 e. The molecule has 1 fully saturated rings. The number of para-hydroxylation sites is 1. The number of imidazole rings is 1. The number of hydrogen-bond donors (Lipinski definition) is 3. The zero-order valence-electron chi connectivity index (χ0n) is 17.7. The van der Waals surface area contributed by atoms with E-state index in [1.165, 1.54) is 10.9 Å². The average Bonchev–Trinajstić information content (AvgIpc) is 3.53. The molecule has 0 saturated carbocycles. The van der Waals surface area contributed by atoms with Gasteiger partial charge in [0.2, 0.25) is 5.28 Å². The smallest absolute Gasteiger partial charge is 0.226 e. The minimum absolute atomic E-state index is 0.00460. The SMILES string of the molecule is OC[C@H]1O[C@@H](n2cnc3c(-n4cc(-c5ccccc5)c5ccccc54)nc(Cl)nc32)[C@H](O)[C@@H]1O. The van der Waals surface area contributed by atoms with E-state index < -0.39 is 31.1 Å². The van der Waals surface area contributed by atoms with Gasteiger partial charge < -0.3 is 20.1 Å². The second-order valence-corrected chi connectivity index (χ2v) is 8.50. The van der Waals surface area contributed by atoms with E-state index >= 15 is 0 Å². The molecule has 9 nitrogen and oxygen atoms in total. The summed E-state index contributed by atoms with van der Waals surface area (Å²) >= 11 is 6.34. The fourth-order valence-corrected chi connectivity index (χ4v) is 4.70. The predicted octanol–water partition coefficient (Wildman–Crippen LogP) is 2.70. The summed E-state index contributed by atoms with van der Waals surface area (Å²) in [4.78, 5) is 13.3. The normalized spacial score (nSPS) is 22.7. The number of hydrogen-bond acceptors (Lipinski definition) is 7. The number of nitrogens with zero attached hydrogens (tertiary/aromatic N) is 5. The molecule has 0 radical (unpaired) electrons. The topological polar surface area (TPSA) is 118 Å². The van der Waals surface area contributed by atoms with Gasteiger partial charge >= 0.3 is 0 Å². The third-order valence-electron chi connectivity index (χ3n) is 6.19. The van der Waals surface area contributed by atoms with Crippen LogP contribution in [0.3, 0.4) is 0 Å². The fourth-order valence-electron chi connectivity index (χ4n) is 4.54. The van der Waals surface area contributed by atoms with Gasteiger partial charge in [-0.3, -0.25) is 9.13 Å². The van der Waals surface area contributed by atoms with Crippen LogP contribution < -0.4 is 0 Å². The molecule has 10 heteroatoms. The van der Waals surface area contributed by atoms with Crippen LogP contribution in [0, 0.1) is 0 Å². The van der Waals surface area contributed by atoms with Crippen molar-refractivity contribution in [3.05, 3.63) is 72.4 Å². The lowest BCUT2D eigenvalue weighted by atomic mass is 10.1. The lowest BCUT2D eigenvalue weighted by Gasteiger charge is -2.16. The maximum absolute atomic E-state index is 10.5. The second-order valence-electron chi connectivity index (χ2n) is 8.17. The number of halogens is 1. The number of ether oxygens (including phenoxy) is 1. The van der Waals surface area contributed by atoms with E-state index in [0.717, 1.165) is 22.0 Å². The molecule has 0 aliphatic carbocycles. The highest BCUT2D eigenvalue weighted by atomic mass is 35.5. The highest BCUT2D eigenvalue weighted by Gasteiger charge is 2.44. The molecule has 2 aromatic carbocycles. The van der Waals surface area contributed by atoms with Crippen molar-refractivity contribution in [2.24, 2.45) is 0 Å². The largest absolute Gasteiger partial charge is 0.394 e. The molecule has 3 aromatic heterocycles. The zero-order valence-corrected chi connectivity index (χ0v) is 18.5. The Kier molecular flexibility index (Phi) is 5.09. The van der Waals surface area contributed by atoms with E-state index in [9.17, 15) is 15.3 Å². The molecule has 4 heterocycles. The van der Waals surface area contributed by atoms with Crippen LogP contribution in [0.4, 0.5) is 0 Å². The molecule has 0 amide bonds. The summed E-state index contributed by atoms with van der Waals surface area (Å²) in [6.45, 7) is -0.431. The van der Waals surface area contributed by atoms with Crippen molar-refractivity contribution in [2.45, 2.75) is 24.5 Å². The maximum atomic E-state index is 10.5. The van der Waals surface area contributed by atoms with Gasteiger partial charge in [0.25, 0.3) is 0 Å². The van der Waals surface area contributed by atoms with Crippen molar-refractivity contribution in [3.8, 4) is 16.9 Å². The first-order valence-electron chi connectivity index (χ1n) is 10.7. The Morgan fingerprint density at radius 3 is 2.50 bits per heavy atom. The predicted molar refractivity (Wildman–Crippen MR) is 126 cm³/mol. The van der Waals surface area contributed by atoms with Crippen LogP contribution in [0.2, 0.25) is 5.28 Å². The molecule has 0 unspecified atom stereocenters. The lowest BCUT2D eigenvalue weighted by molar-refractivity contribution is -0.0511. The Labute approximate surface area is 198 Å². The van der Waals surface area contributed by atoms with Gasteiger partial charge in [-0.05, 0) is 23.2 Å². The number of benzene rings is 2. The first-order chi connectivity index (χ1) is 16.6. The molecule has 172 valence electrons. The van der Waals surface area contributed by atoms with Gasteiger partial charge in [-0.25, -0.2) is 4.98 Å².